The van der Waals surface area contributed by atoms with Crippen molar-refractivity contribution in [3.63, 3.8) is 0 Å². The highest BCUT2D eigenvalue weighted by molar-refractivity contribution is 6.29. The van der Waals surface area contributed by atoms with Crippen molar-refractivity contribution in [2.75, 3.05) is 20.1 Å². The molecule has 0 aliphatic carbocycles. The standard InChI is InChI=1S/C18H21ClN6O2/c1-10-7-21-8-16(25(10)11(2)26)12-4-14(24-17(19)5-12)13-6-15(18(27)20-3)23-9-22-13/h4-6,9-10,16,21H,7-8H2,1-3H3,(H,20,27)/t10-,16+/m1/s1/i2D3,3D3. The van der Waals surface area contributed by atoms with E-state index in [-0.39, 0.29) is 28.3 Å². The quantitative estimate of drug-likeness (QED) is 0.764. The van der Waals surface area contributed by atoms with E-state index in [0.717, 1.165) is 6.33 Å². The van der Waals surface area contributed by atoms with Crippen molar-refractivity contribution in [3.8, 4) is 11.4 Å². The highest BCUT2D eigenvalue weighted by Gasteiger charge is 2.31. The molecule has 1 saturated heterocycles. The SMILES string of the molecule is [2H]C([2H])([2H])NC(=O)c1cc(-c2cc([C@@H]3CNC[C@@H](C)N3C(=O)C([2H])([2H])[2H])cc(Cl)n2)ncn1. The van der Waals surface area contributed by atoms with E-state index in [1.807, 2.05) is 5.32 Å². The summed E-state index contributed by atoms with van der Waals surface area (Å²) in [6.07, 6.45) is 1.08. The molecule has 0 unspecified atom stereocenters. The van der Waals surface area contributed by atoms with Gasteiger partial charge in [0.2, 0.25) is 5.91 Å². The minimum atomic E-state index is -2.80. The van der Waals surface area contributed by atoms with Gasteiger partial charge in [0.05, 0.1) is 17.4 Å². The molecule has 0 radical (unpaired) electrons. The van der Waals surface area contributed by atoms with Crippen LogP contribution in [0, 0.1) is 0 Å². The number of nitrogens with zero attached hydrogens (tertiary/aromatic N) is 4. The van der Waals surface area contributed by atoms with E-state index in [2.05, 4.69) is 20.3 Å². The van der Waals surface area contributed by atoms with Gasteiger partial charge < -0.3 is 15.5 Å². The highest BCUT2D eigenvalue weighted by atomic mass is 35.5. The molecule has 0 saturated carbocycles. The molecule has 0 bridgehead atoms. The van der Waals surface area contributed by atoms with Crippen LogP contribution in [0.4, 0.5) is 0 Å². The number of piperazine rings is 1. The van der Waals surface area contributed by atoms with Crippen LogP contribution in [0.2, 0.25) is 5.15 Å². The molecule has 0 aromatic carbocycles. The lowest BCUT2D eigenvalue weighted by atomic mass is 10.00. The fourth-order valence-corrected chi connectivity index (χ4v) is 3.30. The molecule has 27 heavy (non-hydrogen) atoms. The van der Waals surface area contributed by atoms with Gasteiger partial charge in [0.25, 0.3) is 5.91 Å². The van der Waals surface area contributed by atoms with E-state index in [4.69, 9.17) is 19.8 Å². The maximum atomic E-state index is 12.7. The average Bonchev–Trinajstić information content (AvgIpc) is 2.71. The van der Waals surface area contributed by atoms with E-state index >= 15 is 0 Å². The maximum Gasteiger partial charge on any atom is 0.269 e. The van der Waals surface area contributed by atoms with Crippen LogP contribution in [-0.4, -0.2) is 57.8 Å². The first kappa shape index (κ1) is 12.7. The zero-order chi connectivity index (χ0) is 24.6. The zero-order valence-corrected chi connectivity index (χ0v) is 15.1. The summed E-state index contributed by atoms with van der Waals surface area (Å²) >= 11 is 6.22. The summed E-state index contributed by atoms with van der Waals surface area (Å²) in [5.74, 6) is -1.89. The topological polar surface area (TPSA) is 100 Å². The Hall–Kier alpha value is -2.58. The minimum absolute atomic E-state index is 0.0640. The van der Waals surface area contributed by atoms with Crippen molar-refractivity contribution in [1.82, 2.24) is 30.5 Å². The molecular formula is C18H21ClN6O2. The number of amides is 2. The van der Waals surface area contributed by atoms with Crippen molar-refractivity contribution in [2.24, 2.45) is 0 Å². The second-order valence-corrected chi connectivity index (χ2v) is 6.47. The first-order valence-electron chi connectivity index (χ1n) is 11.1. The van der Waals surface area contributed by atoms with Crippen LogP contribution >= 0.6 is 11.6 Å². The van der Waals surface area contributed by atoms with Gasteiger partial charge in [-0.25, -0.2) is 15.0 Å². The summed E-state index contributed by atoms with van der Waals surface area (Å²) in [6.45, 7) is -3.03. The molecular weight excluding hydrogens is 368 g/mol. The first-order valence-corrected chi connectivity index (χ1v) is 8.50. The van der Waals surface area contributed by atoms with Gasteiger partial charge in [0.15, 0.2) is 0 Å². The molecule has 2 amide bonds. The molecule has 1 aliphatic rings. The van der Waals surface area contributed by atoms with Crippen molar-refractivity contribution in [2.45, 2.75) is 25.9 Å². The Kier molecular flexibility index (Phi) is 3.76. The number of halogens is 1. The third-order valence-corrected chi connectivity index (χ3v) is 4.49. The van der Waals surface area contributed by atoms with Crippen molar-refractivity contribution < 1.29 is 17.8 Å². The number of hydrogen-bond acceptors (Lipinski definition) is 6. The Morgan fingerprint density at radius 1 is 1.30 bits per heavy atom. The average molecular weight is 395 g/mol. The van der Waals surface area contributed by atoms with Gasteiger partial charge in [-0.05, 0) is 30.7 Å². The van der Waals surface area contributed by atoms with Gasteiger partial charge in [0.1, 0.15) is 17.2 Å². The molecule has 142 valence electrons. The third-order valence-electron chi connectivity index (χ3n) is 4.30. The summed E-state index contributed by atoms with van der Waals surface area (Å²) < 4.78 is 44.1. The first-order chi connectivity index (χ1) is 15.3. The van der Waals surface area contributed by atoms with Gasteiger partial charge in [-0.2, -0.15) is 0 Å². The molecule has 2 aromatic rings. The largest absolute Gasteiger partial charge is 0.354 e. The van der Waals surface area contributed by atoms with Gasteiger partial charge in [-0.15, -0.1) is 0 Å². The van der Waals surface area contributed by atoms with Crippen molar-refractivity contribution in [3.05, 3.63) is 40.9 Å². The normalized spacial score (nSPS) is 23.9. The second kappa shape index (κ2) is 7.98. The van der Waals surface area contributed by atoms with Crippen LogP contribution in [0.25, 0.3) is 11.4 Å². The van der Waals surface area contributed by atoms with Crippen LogP contribution in [0.15, 0.2) is 24.5 Å². The Morgan fingerprint density at radius 3 is 2.93 bits per heavy atom. The summed E-state index contributed by atoms with van der Waals surface area (Å²) in [5.41, 5.74) is 0.762. The van der Waals surface area contributed by atoms with Gasteiger partial charge in [-0.3, -0.25) is 9.59 Å². The molecule has 8 nitrogen and oxygen atoms in total. The van der Waals surface area contributed by atoms with Crippen molar-refractivity contribution in [1.29, 1.82) is 0 Å². The third kappa shape index (κ3) is 4.06. The number of nitrogens with one attached hydrogen (secondary N) is 2. The van der Waals surface area contributed by atoms with E-state index < -0.39 is 31.7 Å². The zero-order valence-electron chi connectivity index (χ0n) is 20.4. The molecule has 0 spiro atoms. The summed E-state index contributed by atoms with van der Waals surface area (Å²) in [7, 11) is 0. The second-order valence-electron chi connectivity index (χ2n) is 6.09. The van der Waals surface area contributed by atoms with Crippen LogP contribution in [-0.2, 0) is 4.79 Å². The molecule has 2 N–H and O–H groups in total. The van der Waals surface area contributed by atoms with Crippen LogP contribution in [0.3, 0.4) is 0 Å². The fraction of sp³-hybridized carbons (Fsp3) is 0.389. The Labute approximate surface area is 170 Å². The lowest BCUT2D eigenvalue weighted by molar-refractivity contribution is -0.134. The van der Waals surface area contributed by atoms with E-state index in [1.54, 1.807) is 13.0 Å². The lowest BCUT2D eigenvalue weighted by Crippen LogP contribution is -2.53. The van der Waals surface area contributed by atoms with E-state index in [1.165, 1.54) is 17.0 Å². The number of rotatable bonds is 3. The highest BCUT2D eigenvalue weighted by Crippen LogP contribution is 2.29. The van der Waals surface area contributed by atoms with Crippen LogP contribution < -0.4 is 10.6 Å². The van der Waals surface area contributed by atoms with E-state index in [9.17, 15) is 9.59 Å². The maximum absolute atomic E-state index is 12.7. The smallest absolute Gasteiger partial charge is 0.269 e. The monoisotopic (exact) mass is 394 g/mol. The Bertz CT molecular complexity index is 1060. The number of carbonyl (C=O) groups excluding carboxylic acids is 2. The number of carbonyl (C=O) groups is 2. The molecule has 3 heterocycles. The van der Waals surface area contributed by atoms with Gasteiger partial charge in [-0.1, -0.05) is 11.6 Å². The summed E-state index contributed by atoms with van der Waals surface area (Å²) in [5, 5.41) is 5.08. The fourth-order valence-electron chi connectivity index (χ4n) is 3.08. The van der Waals surface area contributed by atoms with Crippen molar-refractivity contribution >= 4 is 23.4 Å². The van der Waals surface area contributed by atoms with Gasteiger partial charge in [0, 0.05) is 41.2 Å². The minimum Gasteiger partial charge on any atom is -0.354 e. The Balaban J connectivity index is 1.99. The Morgan fingerprint density at radius 2 is 2.15 bits per heavy atom. The number of pyridine rings is 1. The molecule has 1 fully saturated rings. The molecule has 3 rings (SSSR count). The van der Waals surface area contributed by atoms with E-state index in [0.29, 0.717) is 18.7 Å². The number of hydrogen-bond donors (Lipinski definition) is 2. The molecule has 2 aromatic heterocycles. The van der Waals surface area contributed by atoms with Gasteiger partial charge >= 0.3 is 0 Å². The predicted octanol–water partition coefficient (Wildman–Crippen LogP) is 1.43. The molecule has 2 atom stereocenters. The summed E-state index contributed by atoms with van der Waals surface area (Å²) in [6, 6.07) is 3.35. The lowest BCUT2D eigenvalue weighted by Gasteiger charge is -2.41. The molecule has 1 aliphatic heterocycles. The summed E-state index contributed by atoms with van der Waals surface area (Å²) in [4.78, 5) is 38.2. The molecule has 9 heteroatoms. The predicted molar refractivity (Wildman–Crippen MR) is 101 cm³/mol. The number of aromatic nitrogens is 3. The van der Waals surface area contributed by atoms with Crippen LogP contribution in [0.5, 0.6) is 0 Å². The van der Waals surface area contributed by atoms with Crippen LogP contribution in [0.1, 0.15) is 44.1 Å².